The zero-order chi connectivity index (χ0) is 13.0. The third kappa shape index (κ3) is 3.26. The number of nitrogens with one attached hydrogen (secondary N) is 2. The molecule has 0 saturated heterocycles. The van der Waals surface area contributed by atoms with Crippen molar-refractivity contribution < 1.29 is 4.79 Å². The van der Waals surface area contributed by atoms with E-state index in [1.54, 1.807) is 6.07 Å². The summed E-state index contributed by atoms with van der Waals surface area (Å²) < 4.78 is 0. The largest absolute Gasteiger partial charge is 0.397 e. The average Bonchev–Trinajstić information content (AvgIpc) is 2.84. The molecule has 0 unspecified atom stereocenters. The fraction of sp³-hybridized carbons (Fsp3) is 0.357. The fourth-order valence-corrected chi connectivity index (χ4v) is 2.08. The highest BCUT2D eigenvalue weighted by Crippen LogP contribution is 2.23. The Kier molecular flexibility index (Phi) is 3.87. The number of carbonyl (C=O) groups is 1. The predicted molar refractivity (Wildman–Crippen MR) is 74.3 cm³/mol. The summed E-state index contributed by atoms with van der Waals surface area (Å²) in [4.78, 5) is 11.7. The van der Waals surface area contributed by atoms with E-state index in [0.717, 1.165) is 18.4 Å². The van der Waals surface area contributed by atoms with E-state index in [0.29, 0.717) is 11.4 Å². The van der Waals surface area contributed by atoms with E-state index in [1.807, 2.05) is 25.3 Å². The first-order valence-corrected chi connectivity index (χ1v) is 6.27. The summed E-state index contributed by atoms with van der Waals surface area (Å²) >= 11 is 0. The number of carbonyl (C=O) groups excluding carboxylic acids is 1. The van der Waals surface area contributed by atoms with Crippen molar-refractivity contribution in [3.63, 3.8) is 0 Å². The van der Waals surface area contributed by atoms with Gasteiger partial charge in [-0.1, -0.05) is 11.6 Å². The molecule has 0 spiro atoms. The van der Waals surface area contributed by atoms with Gasteiger partial charge in [-0.2, -0.15) is 0 Å². The molecule has 1 aromatic carbocycles. The molecular weight excluding hydrogens is 226 g/mol. The van der Waals surface area contributed by atoms with Gasteiger partial charge in [0.1, 0.15) is 0 Å². The van der Waals surface area contributed by atoms with Gasteiger partial charge in [0, 0.05) is 6.20 Å². The minimum atomic E-state index is -0.244. The van der Waals surface area contributed by atoms with Crippen molar-refractivity contribution in [1.29, 1.82) is 0 Å². The van der Waals surface area contributed by atoms with Crippen molar-refractivity contribution >= 4 is 17.4 Å². The van der Waals surface area contributed by atoms with Crippen LogP contribution in [0.25, 0.3) is 0 Å². The number of amides is 2. The van der Waals surface area contributed by atoms with Crippen LogP contribution in [-0.2, 0) is 0 Å². The molecule has 4 N–H and O–H groups in total. The van der Waals surface area contributed by atoms with Crippen LogP contribution in [0.5, 0.6) is 0 Å². The Morgan fingerprint density at radius 1 is 1.33 bits per heavy atom. The lowest BCUT2D eigenvalue weighted by Crippen LogP contribution is -2.24. The number of nitrogens with two attached hydrogens (primary N) is 1. The van der Waals surface area contributed by atoms with Crippen molar-refractivity contribution in [2.24, 2.45) is 0 Å². The zero-order valence-corrected chi connectivity index (χ0v) is 10.6. The Balaban J connectivity index is 1.94. The molecule has 1 aliphatic rings. The lowest BCUT2D eigenvalue weighted by Gasteiger charge is -2.09. The molecule has 2 amide bonds. The van der Waals surface area contributed by atoms with Crippen molar-refractivity contribution in [1.82, 2.24) is 5.32 Å². The summed E-state index contributed by atoms with van der Waals surface area (Å²) in [6.07, 6.45) is 6.44. The van der Waals surface area contributed by atoms with E-state index >= 15 is 0 Å². The quantitative estimate of drug-likeness (QED) is 0.701. The van der Waals surface area contributed by atoms with Gasteiger partial charge >= 0.3 is 6.03 Å². The highest BCUT2D eigenvalue weighted by molar-refractivity contribution is 5.93. The minimum Gasteiger partial charge on any atom is -0.397 e. The van der Waals surface area contributed by atoms with Crippen LogP contribution in [0.2, 0.25) is 0 Å². The first-order chi connectivity index (χ1) is 8.65. The molecule has 2 rings (SSSR count). The van der Waals surface area contributed by atoms with Gasteiger partial charge < -0.3 is 16.4 Å². The fourth-order valence-electron chi connectivity index (χ4n) is 2.08. The van der Waals surface area contributed by atoms with E-state index in [9.17, 15) is 4.79 Å². The third-order valence-corrected chi connectivity index (χ3v) is 3.11. The van der Waals surface area contributed by atoms with Crippen LogP contribution in [0.3, 0.4) is 0 Å². The number of hydrogen-bond acceptors (Lipinski definition) is 2. The number of nitrogen functional groups attached to an aromatic ring is 1. The van der Waals surface area contributed by atoms with Crippen LogP contribution in [0.4, 0.5) is 16.2 Å². The molecule has 4 heteroatoms. The SMILES string of the molecule is Cc1ccc(N)c(NC(=O)NC=C2CCCC2)c1. The lowest BCUT2D eigenvalue weighted by atomic mass is 10.2. The molecule has 4 nitrogen and oxygen atoms in total. The Morgan fingerprint density at radius 3 is 2.78 bits per heavy atom. The van der Waals surface area contributed by atoms with Gasteiger partial charge in [-0.15, -0.1) is 0 Å². The van der Waals surface area contributed by atoms with Crippen LogP contribution in [-0.4, -0.2) is 6.03 Å². The van der Waals surface area contributed by atoms with Gasteiger partial charge in [-0.05, 0) is 50.3 Å². The molecule has 96 valence electrons. The van der Waals surface area contributed by atoms with Gasteiger partial charge in [-0.3, -0.25) is 0 Å². The average molecular weight is 245 g/mol. The predicted octanol–water partition coefficient (Wildman–Crippen LogP) is 3.16. The highest BCUT2D eigenvalue weighted by Gasteiger charge is 2.07. The summed E-state index contributed by atoms with van der Waals surface area (Å²) in [5.41, 5.74) is 9.39. The number of benzene rings is 1. The number of urea groups is 1. The molecule has 1 fully saturated rings. The zero-order valence-electron chi connectivity index (χ0n) is 10.6. The highest BCUT2D eigenvalue weighted by atomic mass is 16.2. The maximum Gasteiger partial charge on any atom is 0.323 e. The van der Waals surface area contributed by atoms with Crippen LogP contribution in [0, 0.1) is 6.92 Å². The van der Waals surface area contributed by atoms with Crippen LogP contribution < -0.4 is 16.4 Å². The van der Waals surface area contributed by atoms with Crippen molar-refractivity contribution in [3.8, 4) is 0 Å². The van der Waals surface area contributed by atoms with Crippen molar-refractivity contribution in [2.75, 3.05) is 11.1 Å². The molecule has 1 saturated carbocycles. The standard InChI is InChI=1S/C14H19N3O/c1-10-6-7-12(15)13(8-10)17-14(18)16-9-11-4-2-3-5-11/h6-9H,2-5,15H2,1H3,(H2,16,17,18). The first kappa shape index (κ1) is 12.5. The minimum absolute atomic E-state index is 0.244. The molecule has 0 atom stereocenters. The Bertz CT molecular complexity index is 472. The molecular formula is C14H19N3O. The molecule has 18 heavy (non-hydrogen) atoms. The second kappa shape index (κ2) is 5.58. The number of hydrogen-bond donors (Lipinski definition) is 3. The summed E-state index contributed by atoms with van der Waals surface area (Å²) in [7, 11) is 0. The number of allylic oxidation sites excluding steroid dienone is 1. The molecule has 0 aromatic heterocycles. The van der Waals surface area contributed by atoms with Gasteiger partial charge in [0.15, 0.2) is 0 Å². The molecule has 0 radical (unpaired) electrons. The van der Waals surface area contributed by atoms with E-state index < -0.39 is 0 Å². The molecule has 1 aliphatic carbocycles. The molecule has 0 heterocycles. The first-order valence-electron chi connectivity index (χ1n) is 6.27. The Morgan fingerprint density at radius 2 is 2.06 bits per heavy atom. The maximum absolute atomic E-state index is 11.7. The topological polar surface area (TPSA) is 67.1 Å². The van der Waals surface area contributed by atoms with Gasteiger partial charge in [0.2, 0.25) is 0 Å². The van der Waals surface area contributed by atoms with Gasteiger partial charge in [0.05, 0.1) is 11.4 Å². The van der Waals surface area contributed by atoms with E-state index in [-0.39, 0.29) is 6.03 Å². The summed E-state index contributed by atoms with van der Waals surface area (Å²) in [6, 6.07) is 5.32. The number of anilines is 2. The third-order valence-electron chi connectivity index (χ3n) is 3.11. The summed E-state index contributed by atoms with van der Waals surface area (Å²) in [5, 5.41) is 5.51. The van der Waals surface area contributed by atoms with Crippen molar-refractivity contribution in [3.05, 3.63) is 35.5 Å². The molecule has 0 bridgehead atoms. The molecule has 0 aliphatic heterocycles. The van der Waals surface area contributed by atoms with E-state index in [4.69, 9.17) is 5.73 Å². The summed E-state index contributed by atoms with van der Waals surface area (Å²) in [6.45, 7) is 1.96. The van der Waals surface area contributed by atoms with E-state index in [1.165, 1.54) is 18.4 Å². The Labute approximate surface area is 107 Å². The van der Waals surface area contributed by atoms with Gasteiger partial charge in [-0.25, -0.2) is 4.79 Å². The number of aryl methyl sites for hydroxylation is 1. The Hall–Kier alpha value is -1.97. The molecule has 1 aromatic rings. The van der Waals surface area contributed by atoms with Crippen LogP contribution >= 0.6 is 0 Å². The smallest absolute Gasteiger partial charge is 0.323 e. The van der Waals surface area contributed by atoms with E-state index in [2.05, 4.69) is 10.6 Å². The summed E-state index contributed by atoms with van der Waals surface area (Å²) in [5.74, 6) is 0. The second-order valence-electron chi connectivity index (χ2n) is 4.70. The van der Waals surface area contributed by atoms with Crippen LogP contribution in [0.1, 0.15) is 31.2 Å². The normalized spacial score (nSPS) is 14.4. The van der Waals surface area contributed by atoms with Crippen LogP contribution in [0.15, 0.2) is 30.0 Å². The van der Waals surface area contributed by atoms with Crippen molar-refractivity contribution in [2.45, 2.75) is 32.6 Å². The van der Waals surface area contributed by atoms with Gasteiger partial charge in [0.25, 0.3) is 0 Å². The number of rotatable bonds is 2. The second-order valence-corrected chi connectivity index (χ2v) is 4.70. The maximum atomic E-state index is 11.7. The monoisotopic (exact) mass is 245 g/mol. The lowest BCUT2D eigenvalue weighted by molar-refractivity contribution is 0.255.